The predicted octanol–water partition coefficient (Wildman–Crippen LogP) is 2.87. The van der Waals surface area contributed by atoms with E-state index in [1.54, 1.807) is 36.4 Å². The van der Waals surface area contributed by atoms with Crippen LogP contribution in [0.1, 0.15) is 23.2 Å². The third kappa shape index (κ3) is 3.94. The van der Waals surface area contributed by atoms with Crippen LogP contribution in [0.25, 0.3) is 0 Å². The zero-order chi connectivity index (χ0) is 20.5. The first kappa shape index (κ1) is 19.2. The summed E-state index contributed by atoms with van der Waals surface area (Å²) >= 11 is 0. The molecule has 0 spiro atoms. The van der Waals surface area contributed by atoms with E-state index in [-0.39, 0.29) is 37.0 Å². The predicted molar refractivity (Wildman–Crippen MR) is 109 cm³/mol. The molecule has 0 unspecified atom stereocenters. The minimum Gasteiger partial charge on any atom is -0.487 e. The quantitative estimate of drug-likeness (QED) is 0.819. The number of piperidine rings is 3. The second-order valence-electron chi connectivity index (χ2n) is 8.17. The molecule has 4 aliphatic rings. The summed E-state index contributed by atoms with van der Waals surface area (Å²) in [6.45, 7) is 3.66. The van der Waals surface area contributed by atoms with E-state index >= 15 is 0 Å². The van der Waals surface area contributed by atoms with E-state index in [2.05, 4.69) is 10.2 Å². The largest absolute Gasteiger partial charge is 0.487 e. The van der Waals surface area contributed by atoms with Gasteiger partial charge in [0.05, 0.1) is 0 Å². The third-order valence-electron chi connectivity index (χ3n) is 6.16. The first-order valence-corrected chi connectivity index (χ1v) is 10.5. The summed E-state index contributed by atoms with van der Waals surface area (Å²) in [7, 11) is 0. The Balaban J connectivity index is 1.19. The van der Waals surface area contributed by atoms with Crippen LogP contribution in [0.3, 0.4) is 0 Å². The van der Waals surface area contributed by atoms with Crippen molar-refractivity contribution in [3.05, 3.63) is 53.8 Å². The number of hydrogen-bond acceptors (Lipinski definition) is 5. The third-order valence-corrected chi connectivity index (χ3v) is 6.16. The van der Waals surface area contributed by atoms with E-state index in [4.69, 9.17) is 14.2 Å². The molecule has 4 heterocycles. The normalized spacial score (nSPS) is 26.8. The van der Waals surface area contributed by atoms with E-state index in [0.717, 1.165) is 32.5 Å². The van der Waals surface area contributed by atoms with Gasteiger partial charge in [0, 0.05) is 18.2 Å². The number of para-hydroxylation sites is 1. The maximum Gasteiger partial charge on any atom is 0.251 e. The van der Waals surface area contributed by atoms with Gasteiger partial charge < -0.3 is 24.4 Å². The van der Waals surface area contributed by atoms with E-state index in [1.165, 1.54) is 6.07 Å². The lowest BCUT2D eigenvalue weighted by atomic mass is 9.84. The van der Waals surface area contributed by atoms with Gasteiger partial charge in [0.1, 0.15) is 13.2 Å². The molecule has 2 atom stereocenters. The van der Waals surface area contributed by atoms with Crippen molar-refractivity contribution in [2.24, 2.45) is 5.92 Å². The van der Waals surface area contributed by atoms with Crippen LogP contribution >= 0.6 is 0 Å². The minimum absolute atomic E-state index is 0.0786. The standard InChI is InChI=1S/C23H25FN2O4/c24-18-3-1-2-4-20(18)28-13-17-14-29-22-11-16(5-6-21(22)30-17)23(27)25-19-12-26-9-7-15(19)8-10-26/h1-6,11,15,17,19H,7-10,12-14H2,(H,25,27)/t17-,19+/m1/s1. The SMILES string of the molecule is O=C(N[C@H]1CN2CCC1CC2)c1ccc2c(c1)OC[C@@H](COc1ccccc1F)O2. The van der Waals surface area contributed by atoms with Gasteiger partial charge in [0.15, 0.2) is 29.2 Å². The second-order valence-corrected chi connectivity index (χ2v) is 8.17. The molecule has 158 valence electrons. The Labute approximate surface area is 174 Å². The summed E-state index contributed by atoms with van der Waals surface area (Å²) in [6, 6.07) is 11.7. The van der Waals surface area contributed by atoms with Gasteiger partial charge in [-0.3, -0.25) is 4.79 Å². The number of nitrogens with one attached hydrogen (secondary N) is 1. The highest BCUT2D eigenvalue weighted by Crippen LogP contribution is 2.33. The van der Waals surface area contributed by atoms with Gasteiger partial charge in [0.2, 0.25) is 0 Å². The number of halogens is 1. The average molecular weight is 412 g/mol. The summed E-state index contributed by atoms with van der Waals surface area (Å²) in [5.74, 6) is 1.37. The molecule has 1 amide bonds. The molecule has 6 nitrogen and oxygen atoms in total. The molecule has 2 aromatic carbocycles. The monoisotopic (exact) mass is 412 g/mol. The van der Waals surface area contributed by atoms with Crippen LogP contribution in [0.15, 0.2) is 42.5 Å². The van der Waals surface area contributed by atoms with Crippen molar-refractivity contribution < 1.29 is 23.4 Å². The zero-order valence-electron chi connectivity index (χ0n) is 16.7. The van der Waals surface area contributed by atoms with Gasteiger partial charge in [0.25, 0.3) is 5.91 Å². The van der Waals surface area contributed by atoms with Crippen LogP contribution in [-0.2, 0) is 0 Å². The van der Waals surface area contributed by atoms with Crippen molar-refractivity contribution in [3.8, 4) is 17.2 Å². The fourth-order valence-corrected chi connectivity index (χ4v) is 4.46. The number of carbonyl (C=O) groups excluding carboxylic acids is 1. The fourth-order valence-electron chi connectivity index (χ4n) is 4.46. The average Bonchev–Trinajstić information content (AvgIpc) is 2.79. The first-order valence-electron chi connectivity index (χ1n) is 10.5. The number of hydrogen-bond donors (Lipinski definition) is 1. The summed E-state index contributed by atoms with van der Waals surface area (Å²) in [5, 5.41) is 3.19. The molecule has 6 rings (SSSR count). The van der Waals surface area contributed by atoms with Crippen LogP contribution in [-0.4, -0.2) is 55.8 Å². The summed E-state index contributed by atoms with van der Waals surface area (Å²) in [5.41, 5.74) is 0.565. The molecule has 0 radical (unpaired) electrons. The van der Waals surface area contributed by atoms with Crippen LogP contribution in [0.4, 0.5) is 4.39 Å². The van der Waals surface area contributed by atoms with Crippen molar-refractivity contribution in [2.75, 3.05) is 32.8 Å². The molecule has 3 fully saturated rings. The summed E-state index contributed by atoms with van der Waals surface area (Å²) < 4.78 is 30.9. The molecular weight excluding hydrogens is 387 g/mol. The highest BCUT2D eigenvalue weighted by Gasteiger charge is 2.35. The van der Waals surface area contributed by atoms with Gasteiger partial charge in [-0.1, -0.05) is 12.1 Å². The van der Waals surface area contributed by atoms with E-state index < -0.39 is 5.82 Å². The number of nitrogens with zero attached hydrogens (tertiary/aromatic N) is 1. The molecule has 3 saturated heterocycles. The smallest absolute Gasteiger partial charge is 0.251 e. The Hall–Kier alpha value is -2.80. The zero-order valence-corrected chi connectivity index (χ0v) is 16.7. The van der Waals surface area contributed by atoms with Crippen LogP contribution in [0, 0.1) is 11.7 Å². The number of benzene rings is 2. The number of fused-ring (bicyclic) bond motifs is 4. The molecule has 7 heteroatoms. The van der Waals surface area contributed by atoms with Gasteiger partial charge in [-0.25, -0.2) is 4.39 Å². The fraction of sp³-hybridized carbons (Fsp3) is 0.435. The molecule has 0 aliphatic carbocycles. The maximum absolute atomic E-state index is 13.7. The molecule has 4 aliphatic heterocycles. The van der Waals surface area contributed by atoms with E-state index in [0.29, 0.717) is 23.0 Å². The first-order chi connectivity index (χ1) is 14.7. The Morgan fingerprint density at radius 1 is 1.17 bits per heavy atom. The van der Waals surface area contributed by atoms with E-state index in [1.807, 2.05) is 0 Å². The van der Waals surface area contributed by atoms with Gasteiger partial charge in [-0.15, -0.1) is 0 Å². The molecule has 2 aromatic rings. The Morgan fingerprint density at radius 3 is 2.77 bits per heavy atom. The Kier molecular flexibility index (Phi) is 5.21. The van der Waals surface area contributed by atoms with Crippen molar-refractivity contribution in [1.29, 1.82) is 0 Å². The minimum atomic E-state index is -0.409. The van der Waals surface area contributed by atoms with Crippen LogP contribution < -0.4 is 19.5 Å². The summed E-state index contributed by atoms with van der Waals surface area (Å²) in [4.78, 5) is 15.2. The van der Waals surface area contributed by atoms with Crippen molar-refractivity contribution >= 4 is 5.91 Å². The second kappa shape index (κ2) is 8.14. The molecule has 0 saturated carbocycles. The molecule has 30 heavy (non-hydrogen) atoms. The van der Waals surface area contributed by atoms with Crippen LogP contribution in [0.5, 0.6) is 17.2 Å². The lowest BCUT2D eigenvalue weighted by Gasteiger charge is -2.44. The summed E-state index contributed by atoms with van der Waals surface area (Å²) in [6.07, 6.45) is 1.95. The number of amides is 1. The maximum atomic E-state index is 13.7. The lowest BCUT2D eigenvalue weighted by Crippen LogP contribution is -2.57. The van der Waals surface area contributed by atoms with Crippen molar-refractivity contribution in [1.82, 2.24) is 10.2 Å². The van der Waals surface area contributed by atoms with Gasteiger partial charge in [-0.2, -0.15) is 0 Å². The molecule has 0 aromatic heterocycles. The number of carbonyl (C=O) groups is 1. The lowest BCUT2D eigenvalue weighted by molar-refractivity contribution is 0.0520. The van der Waals surface area contributed by atoms with Gasteiger partial charge in [-0.05, 0) is 62.2 Å². The molecule has 2 bridgehead atoms. The Bertz CT molecular complexity index is 929. The topological polar surface area (TPSA) is 60.0 Å². The number of rotatable bonds is 5. The van der Waals surface area contributed by atoms with Gasteiger partial charge >= 0.3 is 0 Å². The molecular formula is C23H25FN2O4. The van der Waals surface area contributed by atoms with E-state index in [9.17, 15) is 9.18 Å². The highest BCUT2D eigenvalue weighted by molar-refractivity contribution is 5.95. The Morgan fingerprint density at radius 2 is 2.00 bits per heavy atom. The molecule has 1 N–H and O–H groups in total. The highest BCUT2D eigenvalue weighted by atomic mass is 19.1. The van der Waals surface area contributed by atoms with Crippen LogP contribution in [0.2, 0.25) is 0 Å². The number of ether oxygens (including phenoxy) is 3. The van der Waals surface area contributed by atoms with Crippen molar-refractivity contribution in [2.45, 2.75) is 25.0 Å². The van der Waals surface area contributed by atoms with Crippen molar-refractivity contribution in [3.63, 3.8) is 0 Å².